The number of hydrogen-bond acceptors (Lipinski definition) is 1. The van der Waals surface area contributed by atoms with E-state index >= 15 is 0 Å². The lowest BCUT2D eigenvalue weighted by Crippen LogP contribution is -1.95. The Morgan fingerprint density at radius 2 is 1.92 bits per heavy atom. The molecule has 1 aromatic rings. The van der Waals surface area contributed by atoms with E-state index in [4.69, 9.17) is 0 Å². The van der Waals surface area contributed by atoms with Crippen LogP contribution >= 0.6 is 0 Å². The van der Waals surface area contributed by atoms with Crippen LogP contribution in [-0.4, -0.2) is 12.3 Å². The minimum absolute atomic E-state index is 1.06. The van der Waals surface area contributed by atoms with Crippen molar-refractivity contribution in [1.29, 1.82) is 0 Å². The third kappa shape index (κ3) is 2.41. The molecule has 1 heteroatoms. The summed E-state index contributed by atoms with van der Waals surface area (Å²) < 4.78 is 0. The van der Waals surface area contributed by atoms with Gasteiger partial charge in [0, 0.05) is 12.3 Å². The summed E-state index contributed by atoms with van der Waals surface area (Å²) in [5.41, 5.74) is 2.85. The Hall–Kier alpha value is -1.11. The first-order chi connectivity index (χ1) is 6.45. The zero-order valence-corrected chi connectivity index (χ0v) is 7.87. The highest BCUT2D eigenvalue weighted by molar-refractivity contribution is 5.85. The maximum absolute atomic E-state index is 4.47. The van der Waals surface area contributed by atoms with E-state index in [0.29, 0.717) is 0 Å². The molecule has 0 aliphatic carbocycles. The first-order valence-corrected chi connectivity index (χ1v) is 5.01. The summed E-state index contributed by atoms with van der Waals surface area (Å²) in [7, 11) is 0. The summed E-state index contributed by atoms with van der Waals surface area (Å²) in [6, 6.07) is 10.7. The Bertz CT molecular complexity index is 287. The van der Waals surface area contributed by atoms with E-state index in [1.54, 1.807) is 0 Å². The molecule has 0 bridgehead atoms. The SMILES string of the molecule is c1ccc(CCC2=NCCC2)cc1. The molecule has 0 fully saturated rings. The molecule has 0 radical (unpaired) electrons. The van der Waals surface area contributed by atoms with Gasteiger partial charge in [0.2, 0.25) is 0 Å². The van der Waals surface area contributed by atoms with Crippen molar-refractivity contribution >= 4 is 5.71 Å². The fourth-order valence-electron chi connectivity index (χ4n) is 1.74. The molecule has 0 amide bonds. The maximum atomic E-state index is 4.47. The largest absolute Gasteiger partial charge is 0.294 e. The molecule has 13 heavy (non-hydrogen) atoms. The predicted octanol–water partition coefficient (Wildman–Crippen LogP) is 2.85. The highest BCUT2D eigenvalue weighted by atomic mass is 14.8. The van der Waals surface area contributed by atoms with Crippen molar-refractivity contribution in [3.8, 4) is 0 Å². The molecule has 0 spiro atoms. The average Bonchev–Trinajstić information content (AvgIpc) is 2.69. The Labute approximate surface area is 79.5 Å². The van der Waals surface area contributed by atoms with Gasteiger partial charge in [-0.05, 0) is 31.2 Å². The van der Waals surface area contributed by atoms with Crippen molar-refractivity contribution in [2.24, 2.45) is 4.99 Å². The zero-order valence-electron chi connectivity index (χ0n) is 7.87. The lowest BCUT2D eigenvalue weighted by atomic mass is 10.1. The Morgan fingerprint density at radius 1 is 1.08 bits per heavy atom. The fourth-order valence-corrected chi connectivity index (χ4v) is 1.74. The number of rotatable bonds is 3. The molecule has 2 rings (SSSR count). The van der Waals surface area contributed by atoms with E-state index in [1.807, 2.05) is 0 Å². The second kappa shape index (κ2) is 4.22. The van der Waals surface area contributed by atoms with Crippen LogP contribution in [0.3, 0.4) is 0 Å². The lowest BCUT2D eigenvalue weighted by molar-refractivity contribution is 0.943. The van der Waals surface area contributed by atoms with Crippen molar-refractivity contribution in [3.05, 3.63) is 35.9 Å². The molecule has 1 nitrogen and oxygen atoms in total. The minimum atomic E-state index is 1.06. The van der Waals surface area contributed by atoms with Gasteiger partial charge in [0.05, 0.1) is 0 Å². The van der Waals surface area contributed by atoms with Gasteiger partial charge in [-0.3, -0.25) is 4.99 Å². The highest BCUT2D eigenvalue weighted by Crippen LogP contribution is 2.10. The van der Waals surface area contributed by atoms with Gasteiger partial charge < -0.3 is 0 Å². The summed E-state index contributed by atoms with van der Waals surface area (Å²) in [5.74, 6) is 0. The van der Waals surface area contributed by atoms with Gasteiger partial charge in [0.1, 0.15) is 0 Å². The van der Waals surface area contributed by atoms with Crippen molar-refractivity contribution in [3.63, 3.8) is 0 Å². The van der Waals surface area contributed by atoms with Crippen molar-refractivity contribution < 1.29 is 0 Å². The van der Waals surface area contributed by atoms with E-state index in [-0.39, 0.29) is 0 Å². The van der Waals surface area contributed by atoms with Gasteiger partial charge in [0.15, 0.2) is 0 Å². The Kier molecular flexibility index (Phi) is 2.75. The number of hydrogen-bond donors (Lipinski definition) is 0. The van der Waals surface area contributed by atoms with Gasteiger partial charge >= 0.3 is 0 Å². The number of aryl methyl sites for hydroxylation is 1. The van der Waals surface area contributed by atoms with Crippen LogP contribution in [0.5, 0.6) is 0 Å². The van der Waals surface area contributed by atoms with Crippen LogP contribution in [0.1, 0.15) is 24.8 Å². The fraction of sp³-hybridized carbons (Fsp3) is 0.417. The summed E-state index contributed by atoms with van der Waals surface area (Å²) >= 11 is 0. The normalized spacial score (nSPS) is 15.8. The molecule has 0 unspecified atom stereocenters. The highest BCUT2D eigenvalue weighted by Gasteiger charge is 2.05. The maximum Gasteiger partial charge on any atom is 0.0392 e. The van der Waals surface area contributed by atoms with Crippen LogP contribution in [0.2, 0.25) is 0 Å². The van der Waals surface area contributed by atoms with Crippen LogP contribution in [0.15, 0.2) is 35.3 Å². The van der Waals surface area contributed by atoms with Gasteiger partial charge in [0.25, 0.3) is 0 Å². The molecule has 1 aromatic carbocycles. The smallest absolute Gasteiger partial charge is 0.0392 e. The molecule has 0 saturated heterocycles. The van der Waals surface area contributed by atoms with E-state index in [0.717, 1.165) is 19.4 Å². The monoisotopic (exact) mass is 173 g/mol. The van der Waals surface area contributed by atoms with E-state index in [1.165, 1.54) is 24.1 Å². The molecule has 0 N–H and O–H groups in total. The Balaban J connectivity index is 1.86. The third-order valence-corrected chi connectivity index (χ3v) is 2.50. The van der Waals surface area contributed by atoms with Gasteiger partial charge in [-0.1, -0.05) is 30.3 Å². The van der Waals surface area contributed by atoms with Crippen LogP contribution in [0.25, 0.3) is 0 Å². The first-order valence-electron chi connectivity index (χ1n) is 5.01. The quantitative estimate of drug-likeness (QED) is 0.666. The summed E-state index contributed by atoms with van der Waals surface area (Å²) in [4.78, 5) is 4.47. The second-order valence-electron chi connectivity index (χ2n) is 3.54. The van der Waals surface area contributed by atoms with Crippen LogP contribution in [0, 0.1) is 0 Å². The molecule has 1 aliphatic heterocycles. The Morgan fingerprint density at radius 3 is 2.62 bits per heavy atom. The van der Waals surface area contributed by atoms with E-state index in [2.05, 4.69) is 35.3 Å². The topological polar surface area (TPSA) is 12.4 Å². The molecule has 0 aromatic heterocycles. The van der Waals surface area contributed by atoms with E-state index in [9.17, 15) is 0 Å². The molecular weight excluding hydrogens is 158 g/mol. The zero-order chi connectivity index (χ0) is 8.93. The molecule has 0 atom stereocenters. The molecular formula is C12H15N. The van der Waals surface area contributed by atoms with Crippen LogP contribution < -0.4 is 0 Å². The number of benzene rings is 1. The molecule has 0 saturated carbocycles. The predicted molar refractivity (Wildman–Crippen MR) is 56.3 cm³/mol. The molecule has 1 heterocycles. The lowest BCUT2D eigenvalue weighted by Gasteiger charge is -2.00. The second-order valence-corrected chi connectivity index (χ2v) is 3.54. The number of aliphatic imine (C=N–C) groups is 1. The third-order valence-electron chi connectivity index (χ3n) is 2.50. The van der Waals surface area contributed by atoms with Crippen molar-refractivity contribution in [2.45, 2.75) is 25.7 Å². The van der Waals surface area contributed by atoms with E-state index < -0.39 is 0 Å². The van der Waals surface area contributed by atoms with Gasteiger partial charge in [-0.25, -0.2) is 0 Å². The van der Waals surface area contributed by atoms with Gasteiger partial charge in [-0.2, -0.15) is 0 Å². The summed E-state index contributed by atoms with van der Waals surface area (Å²) in [5, 5.41) is 0. The van der Waals surface area contributed by atoms with Crippen LogP contribution in [0.4, 0.5) is 0 Å². The van der Waals surface area contributed by atoms with Crippen LogP contribution in [-0.2, 0) is 6.42 Å². The summed E-state index contributed by atoms with van der Waals surface area (Å²) in [6.45, 7) is 1.06. The minimum Gasteiger partial charge on any atom is -0.294 e. The standard InChI is InChI=1S/C12H15N/c1-2-5-11(6-3-1)8-9-12-7-4-10-13-12/h1-3,5-6H,4,7-10H2. The first kappa shape index (κ1) is 8.49. The van der Waals surface area contributed by atoms with Crippen molar-refractivity contribution in [1.82, 2.24) is 0 Å². The number of nitrogens with zero attached hydrogens (tertiary/aromatic N) is 1. The molecule has 68 valence electrons. The summed E-state index contributed by atoms with van der Waals surface area (Å²) in [6.07, 6.45) is 4.81. The molecule has 1 aliphatic rings. The average molecular weight is 173 g/mol. The van der Waals surface area contributed by atoms with Crippen molar-refractivity contribution in [2.75, 3.05) is 6.54 Å². The van der Waals surface area contributed by atoms with Gasteiger partial charge in [-0.15, -0.1) is 0 Å².